The molecule has 1 N–H and O–H groups in total. The zero-order valence-electron chi connectivity index (χ0n) is 13.3. The lowest BCUT2D eigenvalue weighted by atomic mass is 10.1. The van der Waals surface area contributed by atoms with E-state index in [9.17, 15) is 14.9 Å². The SMILES string of the molecule is O=C(C=Cc1ccccc1[N+](=O)[O-])Nc1ccc2c(c1)OCCCO2. The number of anilines is 1. The molecule has 0 bridgehead atoms. The largest absolute Gasteiger partial charge is 0.490 e. The third kappa shape index (κ3) is 4.14. The molecule has 0 aliphatic carbocycles. The van der Waals surface area contributed by atoms with E-state index in [2.05, 4.69) is 5.32 Å². The van der Waals surface area contributed by atoms with Crippen LogP contribution in [0.4, 0.5) is 11.4 Å². The number of nitro benzene ring substituents is 1. The molecule has 0 saturated heterocycles. The number of rotatable bonds is 4. The highest BCUT2D eigenvalue weighted by Gasteiger charge is 2.12. The zero-order chi connectivity index (χ0) is 17.6. The van der Waals surface area contributed by atoms with Gasteiger partial charge in [0, 0.05) is 30.3 Å². The van der Waals surface area contributed by atoms with E-state index in [-0.39, 0.29) is 5.69 Å². The lowest BCUT2D eigenvalue weighted by Gasteiger charge is -2.09. The van der Waals surface area contributed by atoms with Gasteiger partial charge in [0.1, 0.15) is 0 Å². The van der Waals surface area contributed by atoms with Crippen LogP contribution >= 0.6 is 0 Å². The van der Waals surface area contributed by atoms with E-state index < -0.39 is 10.8 Å². The van der Waals surface area contributed by atoms with Crippen molar-refractivity contribution in [3.8, 4) is 11.5 Å². The van der Waals surface area contributed by atoms with Gasteiger partial charge in [-0.3, -0.25) is 14.9 Å². The Morgan fingerprint density at radius 3 is 2.68 bits per heavy atom. The van der Waals surface area contributed by atoms with Crippen LogP contribution in [0.5, 0.6) is 11.5 Å². The normalized spacial score (nSPS) is 13.3. The second-order valence-electron chi connectivity index (χ2n) is 5.35. The molecule has 1 amide bonds. The zero-order valence-corrected chi connectivity index (χ0v) is 13.3. The predicted octanol–water partition coefficient (Wildman–Crippen LogP) is 3.41. The van der Waals surface area contributed by atoms with Gasteiger partial charge in [0.15, 0.2) is 11.5 Å². The van der Waals surface area contributed by atoms with Crippen molar-refractivity contribution < 1.29 is 19.2 Å². The fourth-order valence-electron chi connectivity index (χ4n) is 2.39. The topological polar surface area (TPSA) is 90.7 Å². The van der Waals surface area contributed by atoms with Gasteiger partial charge in [0.25, 0.3) is 5.69 Å². The summed E-state index contributed by atoms with van der Waals surface area (Å²) in [5.41, 5.74) is 0.866. The molecule has 0 unspecified atom stereocenters. The molecule has 7 heteroatoms. The second-order valence-corrected chi connectivity index (χ2v) is 5.35. The summed E-state index contributed by atoms with van der Waals surface area (Å²) in [6.45, 7) is 1.15. The van der Waals surface area contributed by atoms with Gasteiger partial charge in [-0.15, -0.1) is 0 Å². The van der Waals surface area contributed by atoms with Crippen LogP contribution in [0, 0.1) is 10.1 Å². The second kappa shape index (κ2) is 7.48. The number of carbonyl (C=O) groups is 1. The van der Waals surface area contributed by atoms with Crippen molar-refractivity contribution in [1.29, 1.82) is 0 Å². The van der Waals surface area contributed by atoms with Gasteiger partial charge < -0.3 is 14.8 Å². The number of hydrogen-bond donors (Lipinski definition) is 1. The van der Waals surface area contributed by atoms with Crippen LogP contribution in [0.25, 0.3) is 6.08 Å². The molecule has 2 aromatic carbocycles. The number of hydrogen-bond acceptors (Lipinski definition) is 5. The van der Waals surface area contributed by atoms with E-state index in [1.54, 1.807) is 36.4 Å². The summed E-state index contributed by atoms with van der Waals surface area (Å²) in [5, 5.41) is 13.7. The van der Waals surface area contributed by atoms with Crippen LogP contribution in [0.2, 0.25) is 0 Å². The van der Waals surface area contributed by atoms with E-state index in [0.717, 1.165) is 6.42 Å². The van der Waals surface area contributed by atoms with Gasteiger partial charge in [-0.05, 0) is 24.3 Å². The summed E-state index contributed by atoms with van der Waals surface area (Å²) in [5.74, 6) is 0.830. The quantitative estimate of drug-likeness (QED) is 0.523. The lowest BCUT2D eigenvalue weighted by Crippen LogP contribution is -2.08. The van der Waals surface area contributed by atoms with Gasteiger partial charge in [0.2, 0.25) is 5.91 Å². The Balaban J connectivity index is 1.71. The highest BCUT2D eigenvalue weighted by atomic mass is 16.6. The van der Waals surface area contributed by atoms with Gasteiger partial charge in [0.05, 0.1) is 23.7 Å². The molecule has 2 aromatic rings. The molecular formula is C18H16N2O5. The van der Waals surface area contributed by atoms with Gasteiger partial charge in [-0.2, -0.15) is 0 Å². The third-order valence-corrected chi connectivity index (χ3v) is 3.56. The van der Waals surface area contributed by atoms with E-state index in [4.69, 9.17) is 9.47 Å². The number of ether oxygens (including phenoxy) is 2. The van der Waals surface area contributed by atoms with Crippen molar-refractivity contribution in [2.24, 2.45) is 0 Å². The number of nitro groups is 1. The fraction of sp³-hybridized carbons (Fsp3) is 0.167. The van der Waals surface area contributed by atoms with Gasteiger partial charge in [-0.1, -0.05) is 12.1 Å². The Hall–Kier alpha value is -3.35. The first-order chi connectivity index (χ1) is 12.1. The van der Waals surface area contributed by atoms with Crippen LogP contribution in [0.1, 0.15) is 12.0 Å². The van der Waals surface area contributed by atoms with Crippen molar-refractivity contribution >= 4 is 23.4 Å². The van der Waals surface area contributed by atoms with Crippen molar-refractivity contribution in [3.05, 3.63) is 64.2 Å². The van der Waals surface area contributed by atoms with E-state index in [1.165, 1.54) is 18.2 Å². The molecule has 1 aliphatic heterocycles. The Labute approximate surface area is 144 Å². The Morgan fingerprint density at radius 2 is 1.88 bits per heavy atom. The minimum absolute atomic E-state index is 0.0536. The first-order valence-electron chi connectivity index (χ1n) is 7.75. The maximum absolute atomic E-state index is 12.1. The Bertz CT molecular complexity index is 832. The Morgan fingerprint density at radius 1 is 1.12 bits per heavy atom. The highest BCUT2D eigenvalue weighted by molar-refractivity contribution is 6.02. The molecular weight excluding hydrogens is 324 g/mol. The van der Waals surface area contributed by atoms with Crippen LogP contribution in [0.3, 0.4) is 0 Å². The minimum atomic E-state index is -0.485. The number of carbonyl (C=O) groups excluding carboxylic acids is 1. The first-order valence-corrected chi connectivity index (χ1v) is 7.75. The van der Waals surface area contributed by atoms with Gasteiger partial charge >= 0.3 is 0 Å². The maximum atomic E-state index is 12.1. The predicted molar refractivity (Wildman–Crippen MR) is 92.8 cm³/mol. The minimum Gasteiger partial charge on any atom is -0.490 e. The molecule has 1 aliphatic rings. The van der Waals surface area contributed by atoms with Crippen LogP contribution in [-0.4, -0.2) is 24.0 Å². The van der Waals surface area contributed by atoms with Crippen molar-refractivity contribution in [2.75, 3.05) is 18.5 Å². The number of fused-ring (bicyclic) bond motifs is 1. The summed E-state index contributed by atoms with van der Waals surface area (Å²) in [6, 6.07) is 11.4. The number of nitrogens with one attached hydrogen (secondary N) is 1. The molecule has 3 rings (SSSR count). The molecule has 128 valence electrons. The van der Waals surface area contributed by atoms with E-state index in [1.807, 2.05) is 0 Å². The lowest BCUT2D eigenvalue weighted by molar-refractivity contribution is -0.385. The standard InChI is InChI=1S/C18H16N2O5/c21-18(9-6-13-4-1-2-5-15(13)20(22)23)19-14-7-8-16-17(12-14)25-11-3-10-24-16/h1-2,4-9,12H,3,10-11H2,(H,19,21). The Kier molecular flexibility index (Phi) is 4.94. The molecule has 0 aromatic heterocycles. The molecule has 0 fully saturated rings. The molecule has 1 heterocycles. The summed E-state index contributed by atoms with van der Waals surface area (Å²) >= 11 is 0. The summed E-state index contributed by atoms with van der Waals surface area (Å²) in [6.07, 6.45) is 3.47. The van der Waals surface area contributed by atoms with Crippen molar-refractivity contribution in [2.45, 2.75) is 6.42 Å². The van der Waals surface area contributed by atoms with E-state index in [0.29, 0.717) is 36.0 Å². The number of amides is 1. The van der Waals surface area contributed by atoms with Crippen LogP contribution in [-0.2, 0) is 4.79 Å². The molecule has 0 atom stereocenters. The number of nitrogens with zero attached hydrogens (tertiary/aromatic N) is 1. The summed E-state index contributed by atoms with van der Waals surface area (Å²) in [7, 11) is 0. The molecule has 0 radical (unpaired) electrons. The number of para-hydroxylation sites is 1. The van der Waals surface area contributed by atoms with Gasteiger partial charge in [-0.25, -0.2) is 0 Å². The number of benzene rings is 2. The third-order valence-electron chi connectivity index (χ3n) is 3.56. The summed E-state index contributed by atoms with van der Waals surface area (Å²) < 4.78 is 11.1. The molecule has 0 spiro atoms. The maximum Gasteiger partial charge on any atom is 0.276 e. The first kappa shape index (κ1) is 16.5. The van der Waals surface area contributed by atoms with Crippen LogP contribution in [0.15, 0.2) is 48.5 Å². The monoisotopic (exact) mass is 340 g/mol. The smallest absolute Gasteiger partial charge is 0.276 e. The average Bonchev–Trinajstić information content (AvgIpc) is 2.85. The molecule has 7 nitrogen and oxygen atoms in total. The molecule has 0 saturated carbocycles. The fourth-order valence-corrected chi connectivity index (χ4v) is 2.39. The highest BCUT2D eigenvalue weighted by Crippen LogP contribution is 2.32. The van der Waals surface area contributed by atoms with Crippen molar-refractivity contribution in [3.63, 3.8) is 0 Å². The summed E-state index contributed by atoms with van der Waals surface area (Å²) in [4.78, 5) is 22.5. The van der Waals surface area contributed by atoms with E-state index >= 15 is 0 Å². The average molecular weight is 340 g/mol. The van der Waals surface area contributed by atoms with Crippen molar-refractivity contribution in [1.82, 2.24) is 0 Å². The van der Waals surface area contributed by atoms with Crippen LogP contribution < -0.4 is 14.8 Å². The molecule has 25 heavy (non-hydrogen) atoms.